The average Bonchev–Trinajstić information content (AvgIpc) is 2.36. The molecule has 19 heavy (non-hydrogen) atoms. The van der Waals surface area contributed by atoms with E-state index in [0.29, 0.717) is 20.9 Å². The van der Waals surface area contributed by atoms with Gasteiger partial charge < -0.3 is 11.1 Å². The molecular weight excluding hydrogens is 335 g/mol. The smallest absolute Gasteiger partial charge is 0.256 e. The summed E-state index contributed by atoms with van der Waals surface area (Å²) in [5, 5.41) is 3.03. The van der Waals surface area contributed by atoms with E-state index in [1.165, 1.54) is 18.2 Å². The molecule has 0 aliphatic carbocycles. The van der Waals surface area contributed by atoms with E-state index in [-0.39, 0.29) is 5.56 Å². The van der Waals surface area contributed by atoms with Crippen molar-refractivity contribution in [3.63, 3.8) is 0 Å². The Hall–Kier alpha value is -1.59. The summed E-state index contributed by atoms with van der Waals surface area (Å²) in [5.74, 6) is -0.919. The second-order valence-electron chi connectivity index (χ2n) is 3.81. The van der Waals surface area contributed by atoms with Gasteiger partial charge in [-0.1, -0.05) is 11.6 Å². The highest BCUT2D eigenvalue weighted by atomic mass is 79.9. The van der Waals surface area contributed by atoms with Gasteiger partial charge in [0.25, 0.3) is 5.91 Å². The number of benzene rings is 2. The Labute approximate surface area is 122 Å². The summed E-state index contributed by atoms with van der Waals surface area (Å²) >= 11 is 8.98. The maximum atomic E-state index is 13.1. The van der Waals surface area contributed by atoms with Crippen LogP contribution >= 0.6 is 27.5 Å². The van der Waals surface area contributed by atoms with E-state index in [0.717, 1.165) is 6.07 Å². The summed E-state index contributed by atoms with van der Waals surface area (Å²) in [4.78, 5) is 12.0. The maximum absolute atomic E-state index is 13.1. The van der Waals surface area contributed by atoms with Crippen molar-refractivity contribution in [1.29, 1.82) is 0 Å². The summed E-state index contributed by atoms with van der Waals surface area (Å²) < 4.78 is 13.6. The third-order valence-electron chi connectivity index (χ3n) is 2.43. The minimum atomic E-state index is -0.482. The molecule has 2 rings (SSSR count). The fourth-order valence-electron chi connectivity index (χ4n) is 1.49. The molecule has 0 bridgehead atoms. The van der Waals surface area contributed by atoms with Crippen molar-refractivity contribution in [3.05, 3.63) is 57.3 Å². The molecule has 2 aromatic rings. The van der Waals surface area contributed by atoms with Crippen molar-refractivity contribution < 1.29 is 9.18 Å². The number of hydrogen-bond donors (Lipinski definition) is 2. The lowest BCUT2D eigenvalue weighted by atomic mass is 10.2. The predicted molar refractivity (Wildman–Crippen MR) is 77.9 cm³/mol. The molecule has 0 radical (unpaired) electrons. The normalized spacial score (nSPS) is 10.3. The minimum absolute atomic E-state index is 0.202. The topological polar surface area (TPSA) is 55.1 Å². The van der Waals surface area contributed by atoms with E-state index in [1.54, 1.807) is 12.1 Å². The third kappa shape index (κ3) is 3.24. The highest BCUT2D eigenvalue weighted by molar-refractivity contribution is 9.10. The molecule has 0 spiro atoms. The van der Waals surface area contributed by atoms with Crippen LogP contribution in [0.25, 0.3) is 0 Å². The Morgan fingerprint density at radius 1 is 1.26 bits per heavy atom. The van der Waals surface area contributed by atoms with Crippen LogP contribution in [0, 0.1) is 5.82 Å². The monoisotopic (exact) mass is 342 g/mol. The van der Waals surface area contributed by atoms with Crippen molar-refractivity contribution in [3.8, 4) is 0 Å². The zero-order valence-electron chi connectivity index (χ0n) is 9.58. The van der Waals surface area contributed by atoms with Gasteiger partial charge in [0.05, 0.1) is 16.3 Å². The zero-order valence-corrected chi connectivity index (χ0v) is 11.9. The molecule has 0 atom stereocenters. The van der Waals surface area contributed by atoms with Gasteiger partial charge in [-0.2, -0.15) is 0 Å². The number of nitrogens with one attached hydrogen (secondary N) is 1. The van der Waals surface area contributed by atoms with Crippen LogP contribution in [-0.2, 0) is 0 Å². The number of carbonyl (C=O) groups excluding carboxylic acids is 1. The summed E-state index contributed by atoms with van der Waals surface area (Å²) in [7, 11) is 0. The van der Waals surface area contributed by atoms with Gasteiger partial charge >= 0.3 is 0 Å². The molecule has 0 fully saturated rings. The third-order valence-corrected chi connectivity index (χ3v) is 3.46. The molecule has 0 aliphatic heterocycles. The Bertz CT molecular complexity index is 649. The lowest BCUT2D eigenvalue weighted by molar-refractivity contribution is 0.102. The number of rotatable bonds is 2. The fraction of sp³-hybridized carbons (Fsp3) is 0. The lowest BCUT2D eigenvalue weighted by Crippen LogP contribution is -2.13. The summed E-state index contributed by atoms with van der Waals surface area (Å²) in [5.41, 5.74) is 6.69. The van der Waals surface area contributed by atoms with Gasteiger partial charge in [-0.15, -0.1) is 0 Å². The fourth-order valence-corrected chi connectivity index (χ4v) is 2.04. The van der Waals surface area contributed by atoms with Crippen molar-refractivity contribution >= 4 is 44.8 Å². The molecule has 0 aliphatic rings. The maximum Gasteiger partial charge on any atom is 0.256 e. The van der Waals surface area contributed by atoms with Crippen LogP contribution in [0.4, 0.5) is 15.8 Å². The van der Waals surface area contributed by atoms with Crippen LogP contribution in [0.15, 0.2) is 40.9 Å². The van der Waals surface area contributed by atoms with E-state index >= 15 is 0 Å². The molecule has 3 N–H and O–H groups in total. The first-order valence-corrected chi connectivity index (χ1v) is 6.46. The highest BCUT2D eigenvalue weighted by Gasteiger charge is 2.12. The minimum Gasteiger partial charge on any atom is -0.397 e. The highest BCUT2D eigenvalue weighted by Crippen LogP contribution is 2.24. The van der Waals surface area contributed by atoms with Gasteiger partial charge in [0.2, 0.25) is 0 Å². The standard InChI is InChI=1S/C13H9BrClFN2O/c14-10-3-1-7(16)5-9(10)13(19)18-8-2-4-11(15)12(17)6-8/h1-6H,17H2,(H,18,19). The van der Waals surface area contributed by atoms with E-state index in [9.17, 15) is 9.18 Å². The number of anilines is 2. The van der Waals surface area contributed by atoms with Crippen LogP contribution in [-0.4, -0.2) is 5.91 Å². The SMILES string of the molecule is Nc1cc(NC(=O)c2cc(F)ccc2Br)ccc1Cl. The molecular formula is C13H9BrClFN2O. The molecule has 98 valence electrons. The Morgan fingerprint density at radius 2 is 2.00 bits per heavy atom. The first-order valence-electron chi connectivity index (χ1n) is 5.29. The number of halogens is 3. The largest absolute Gasteiger partial charge is 0.397 e. The van der Waals surface area contributed by atoms with Crippen molar-refractivity contribution in [2.75, 3.05) is 11.1 Å². The first kappa shape index (κ1) is 13.8. The Morgan fingerprint density at radius 3 is 2.68 bits per heavy atom. The van der Waals surface area contributed by atoms with Gasteiger partial charge in [0.15, 0.2) is 0 Å². The second kappa shape index (κ2) is 5.59. The number of nitrogen functional groups attached to an aromatic ring is 1. The van der Waals surface area contributed by atoms with Crippen LogP contribution in [0.2, 0.25) is 5.02 Å². The van der Waals surface area contributed by atoms with Crippen molar-refractivity contribution in [1.82, 2.24) is 0 Å². The first-order chi connectivity index (χ1) is 8.97. The van der Waals surface area contributed by atoms with Crippen LogP contribution in [0.1, 0.15) is 10.4 Å². The van der Waals surface area contributed by atoms with Crippen molar-refractivity contribution in [2.24, 2.45) is 0 Å². The molecule has 1 amide bonds. The average molecular weight is 344 g/mol. The predicted octanol–water partition coefficient (Wildman–Crippen LogP) is 4.08. The molecule has 6 heteroatoms. The van der Waals surface area contributed by atoms with Gasteiger partial charge in [-0.3, -0.25) is 4.79 Å². The van der Waals surface area contributed by atoms with E-state index < -0.39 is 11.7 Å². The van der Waals surface area contributed by atoms with Crippen LogP contribution in [0.5, 0.6) is 0 Å². The summed E-state index contributed by atoms with van der Waals surface area (Å²) in [6.45, 7) is 0. The number of carbonyl (C=O) groups is 1. The van der Waals surface area contributed by atoms with Gasteiger partial charge in [0.1, 0.15) is 5.82 Å². The van der Waals surface area contributed by atoms with Crippen LogP contribution in [0.3, 0.4) is 0 Å². The number of hydrogen-bond acceptors (Lipinski definition) is 2. The van der Waals surface area contributed by atoms with Gasteiger partial charge in [0, 0.05) is 10.2 Å². The summed E-state index contributed by atoms with van der Waals surface area (Å²) in [6, 6.07) is 8.62. The second-order valence-corrected chi connectivity index (χ2v) is 5.08. The molecule has 0 saturated carbocycles. The molecule has 0 saturated heterocycles. The van der Waals surface area contributed by atoms with E-state index in [4.69, 9.17) is 17.3 Å². The molecule has 0 unspecified atom stereocenters. The summed E-state index contributed by atoms with van der Waals surface area (Å²) in [6.07, 6.45) is 0. The van der Waals surface area contributed by atoms with Crippen LogP contribution < -0.4 is 11.1 Å². The number of nitrogens with two attached hydrogens (primary N) is 1. The molecule has 2 aromatic carbocycles. The van der Waals surface area contributed by atoms with Crippen molar-refractivity contribution in [2.45, 2.75) is 0 Å². The van der Waals surface area contributed by atoms with Gasteiger partial charge in [-0.05, 0) is 52.3 Å². The number of amides is 1. The van der Waals surface area contributed by atoms with Gasteiger partial charge in [-0.25, -0.2) is 4.39 Å². The van der Waals surface area contributed by atoms with E-state index in [1.807, 2.05) is 0 Å². The van der Waals surface area contributed by atoms with E-state index in [2.05, 4.69) is 21.2 Å². The quantitative estimate of drug-likeness (QED) is 0.807. The zero-order chi connectivity index (χ0) is 14.0. The Kier molecular flexibility index (Phi) is 4.07. The molecule has 0 heterocycles. The Balaban J connectivity index is 2.25. The molecule has 3 nitrogen and oxygen atoms in total. The lowest BCUT2D eigenvalue weighted by Gasteiger charge is -2.08. The molecule has 0 aromatic heterocycles.